The van der Waals surface area contributed by atoms with E-state index in [1.165, 1.54) is 31.2 Å². The van der Waals surface area contributed by atoms with Crippen molar-refractivity contribution in [3.8, 4) is 0 Å². The maximum absolute atomic E-state index is 12.3. The summed E-state index contributed by atoms with van der Waals surface area (Å²) in [4.78, 5) is 24.5. The molecule has 26 heavy (non-hydrogen) atoms. The first-order valence-corrected chi connectivity index (χ1v) is 9.61. The predicted molar refractivity (Wildman–Crippen MR) is 97.5 cm³/mol. The van der Waals surface area contributed by atoms with Gasteiger partial charge in [0.2, 0.25) is 15.8 Å². The first-order valence-electron chi connectivity index (χ1n) is 8.13. The van der Waals surface area contributed by atoms with E-state index in [4.69, 9.17) is 4.74 Å². The number of hydrogen-bond acceptors (Lipinski definition) is 5. The van der Waals surface area contributed by atoms with Crippen LogP contribution in [0.25, 0.3) is 0 Å². The maximum Gasteiger partial charge on any atom is 0.338 e. The van der Waals surface area contributed by atoms with Gasteiger partial charge in [0.25, 0.3) is 0 Å². The lowest BCUT2D eigenvalue weighted by Gasteiger charge is -2.13. The zero-order valence-corrected chi connectivity index (χ0v) is 15.6. The summed E-state index contributed by atoms with van der Waals surface area (Å²) in [5.74, 6) is -1.09. The highest BCUT2D eigenvalue weighted by molar-refractivity contribution is 7.89. The van der Waals surface area contributed by atoms with Crippen molar-refractivity contribution in [1.29, 1.82) is 0 Å². The Kier molecular flexibility index (Phi) is 6.28. The van der Waals surface area contributed by atoms with Crippen LogP contribution in [0.2, 0.25) is 0 Å². The Hall–Kier alpha value is -2.51. The van der Waals surface area contributed by atoms with Crippen LogP contribution in [0.3, 0.4) is 0 Å². The number of ether oxygens (including phenoxy) is 1. The number of carbonyl (C=O) groups excluding carboxylic acids is 2. The number of nitrogens with one attached hydrogen (secondary N) is 1. The van der Waals surface area contributed by atoms with E-state index in [-0.39, 0.29) is 22.3 Å². The topological polar surface area (TPSA) is 89.5 Å². The molecule has 0 saturated carbocycles. The molecule has 0 radical (unpaired) electrons. The van der Waals surface area contributed by atoms with Gasteiger partial charge in [0, 0.05) is 11.6 Å². The van der Waals surface area contributed by atoms with Crippen LogP contribution in [0.15, 0.2) is 59.5 Å². The third-order valence-electron chi connectivity index (χ3n) is 3.48. The second-order valence-corrected chi connectivity index (χ2v) is 7.80. The van der Waals surface area contributed by atoms with E-state index in [0.717, 1.165) is 0 Å². The second kappa shape index (κ2) is 8.25. The summed E-state index contributed by atoms with van der Waals surface area (Å²) in [5, 5.41) is 0. The van der Waals surface area contributed by atoms with Crippen LogP contribution < -0.4 is 4.72 Å². The number of Topliss-reactive ketones (excluding diaryl/α,β-unsaturated/α-hetero) is 1. The molecule has 0 heterocycles. The minimum atomic E-state index is -3.73. The van der Waals surface area contributed by atoms with Gasteiger partial charge in [-0.3, -0.25) is 4.79 Å². The molecule has 138 valence electrons. The van der Waals surface area contributed by atoms with Gasteiger partial charge in [0.1, 0.15) is 0 Å². The third kappa shape index (κ3) is 5.00. The molecular formula is C19H21NO5S. The number of sulfonamides is 1. The Morgan fingerprint density at radius 1 is 0.923 bits per heavy atom. The lowest BCUT2D eigenvalue weighted by Crippen LogP contribution is -2.30. The minimum absolute atomic E-state index is 0.0392. The fourth-order valence-electron chi connectivity index (χ4n) is 2.29. The summed E-state index contributed by atoms with van der Waals surface area (Å²) in [6.45, 7) is 4.88. The van der Waals surface area contributed by atoms with E-state index >= 15 is 0 Å². The number of esters is 1. The van der Waals surface area contributed by atoms with Gasteiger partial charge in [-0.1, -0.05) is 36.4 Å². The Morgan fingerprint density at radius 3 is 2.15 bits per heavy atom. The van der Waals surface area contributed by atoms with E-state index < -0.39 is 22.1 Å². The normalized spacial score (nSPS) is 12.6. The van der Waals surface area contributed by atoms with Gasteiger partial charge in [-0.05, 0) is 39.0 Å². The first kappa shape index (κ1) is 19.8. The molecule has 0 aliphatic heterocycles. The lowest BCUT2D eigenvalue weighted by atomic mass is 10.1. The van der Waals surface area contributed by atoms with Crippen LogP contribution in [0, 0.1) is 0 Å². The molecule has 2 aromatic rings. The first-order chi connectivity index (χ1) is 12.2. The van der Waals surface area contributed by atoms with Crippen molar-refractivity contribution in [2.45, 2.75) is 37.8 Å². The van der Waals surface area contributed by atoms with Crippen molar-refractivity contribution in [3.05, 3.63) is 65.7 Å². The molecule has 1 atom stereocenters. The monoisotopic (exact) mass is 375 g/mol. The van der Waals surface area contributed by atoms with Crippen LogP contribution in [0.1, 0.15) is 41.5 Å². The zero-order chi connectivity index (χ0) is 19.3. The molecule has 0 spiro atoms. The van der Waals surface area contributed by atoms with E-state index in [2.05, 4.69) is 4.72 Å². The molecule has 6 nitrogen and oxygen atoms in total. The molecule has 0 bridgehead atoms. The minimum Gasteiger partial charge on any atom is -0.451 e. The lowest BCUT2D eigenvalue weighted by molar-refractivity contribution is 0.0318. The van der Waals surface area contributed by atoms with E-state index in [9.17, 15) is 18.0 Å². The van der Waals surface area contributed by atoms with Gasteiger partial charge in [0.15, 0.2) is 6.10 Å². The summed E-state index contributed by atoms with van der Waals surface area (Å²) in [6, 6.07) is 13.7. The van der Waals surface area contributed by atoms with Gasteiger partial charge in [-0.15, -0.1) is 0 Å². The molecule has 2 rings (SSSR count). The van der Waals surface area contributed by atoms with Crippen LogP contribution in [0.4, 0.5) is 0 Å². The summed E-state index contributed by atoms with van der Waals surface area (Å²) in [5.41, 5.74) is 0.495. The second-order valence-electron chi connectivity index (χ2n) is 6.08. The Balaban J connectivity index is 2.15. The van der Waals surface area contributed by atoms with Crippen molar-refractivity contribution in [2.75, 3.05) is 0 Å². The molecule has 7 heteroatoms. The summed E-state index contributed by atoms with van der Waals surface area (Å²) in [6.07, 6.45) is -0.987. The number of rotatable bonds is 7. The quantitative estimate of drug-likeness (QED) is 0.594. The smallest absolute Gasteiger partial charge is 0.338 e. The highest BCUT2D eigenvalue weighted by Crippen LogP contribution is 2.15. The van der Waals surface area contributed by atoms with Crippen LogP contribution in [0.5, 0.6) is 0 Å². The Bertz CT molecular complexity index is 891. The molecule has 0 fully saturated rings. The van der Waals surface area contributed by atoms with Gasteiger partial charge in [0.05, 0.1) is 10.5 Å². The number of benzene rings is 2. The largest absolute Gasteiger partial charge is 0.451 e. The van der Waals surface area contributed by atoms with Crippen LogP contribution in [-0.4, -0.2) is 32.3 Å². The fourth-order valence-corrected chi connectivity index (χ4v) is 3.58. The van der Waals surface area contributed by atoms with Gasteiger partial charge in [-0.25, -0.2) is 17.9 Å². The summed E-state index contributed by atoms with van der Waals surface area (Å²) < 4.78 is 32.1. The molecule has 2 aromatic carbocycles. The van der Waals surface area contributed by atoms with E-state index in [1.807, 2.05) is 0 Å². The molecule has 0 amide bonds. The van der Waals surface area contributed by atoms with Crippen molar-refractivity contribution < 1.29 is 22.7 Å². The van der Waals surface area contributed by atoms with Crippen LogP contribution in [-0.2, 0) is 14.8 Å². The highest BCUT2D eigenvalue weighted by Gasteiger charge is 2.22. The fraction of sp³-hybridized carbons (Fsp3) is 0.263. The molecule has 0 saturated heterocycles. The highest BCUT2D eigenvalue weighted by atomic mass is 32.2. The third-order valence-corrected chi connectivity index (χ3v) is 5.14. The van der Waals surface area contributed by atoms with E-state index in [0.29, 0.717) is 5.56 Å². The number of carbonyl (C=O) groups is 2. The summed E-state index contributed by atoms with van der Waals surface area (Å²) >= 11 is 0. The standard InChI is InChI=1S/C19H21NO5S/c1-13(2)20-26(23,24)17-11-7-10-16(12-17)19(22)25-14(3)18(21)15-8-5-4-6-9-15/h4-14,20H,1-3H3. The van der Waals surface area contributed by atoms with Crippen molar-refractivity contribution in [2.24, 2.45) is 0 Å². The average molecular weight is 375 g/mol. The Morgan fingerprint density at radius 2 is 1.54 bits per heavy atom. The van der Waals surface area contributed by atoms with Gasteiger partial charge >= 0.3 is 5.97 Å². The predicted octanol–water partition coefficient (Wildman–Crippen LogP) is 2.80. The number of hydrogen-bond donors (Lipinski definition) is 1. The van der Waals surface area contributed by atoms with E-state index in [1.54, 1.807) is 44.2 Å². The molecule has 0 aromatic heterocycles. The molecular weight excluding hydrogens is 354 g/mol. The molecule has 1 N–H and O–H groups in total. The Labute approximate surface area is 153 Å². The molecule has 1 unspecified atom stereocenters. The van der Waals surface area contributed by atoms with Crippen molar-refractivity contribution in [3.63, 3.8) is 0 Å². The van der Waals surface area contributed by atoms with Crippen molar-refractivity contribution >= 4 is 21.8 Å². The summed E-state index contributed by atoms with van der Waals surface area (Å²) in [7, 11) is -3.73. The zero-order valence-electron chi connectivity index (χ0n) is 14.8. The average Bonchev–Trinajstić information content (AvgIpc) is 2.60. The van der Waals surface area contributed by atoms with Gasteiger partial charge < -0.3 is 4.74 Å². The SMILES string of the molecule is CC(C)NS(=O)(=O)c1cccc(C(=O)OC(C)C(=O)c2ccccc2)c1. The van der Waals surface area contributed by atoms with Crippen molar-refractivity contribution in [1.82, 2.24) is 4.72 Å². The number of ketones is 1. The molecule has 0 aliphatic rings. The maximum atomic E-state index is 12.3. The molecule has 0 aliphatic carbocycles. The van der Waals surface area contributed by atoms with Crippen LogP contribution >= 0.6 is 0 Å². The van der Waals surface area contributed by atoms with Gasteiger partial charge in [-0.2, -0.15) is 0 Å².